The van der Waals surface area contributed by atoms with Crippen LogP contribution < -0.4 is 15.9 Å². The van der Waals surface area contributed by atoms with Gasteiger partial charge in [0, 0.05) is 6.92 Å². The molecule has 0 spiro atoms. The first kappa shape index (κ1) is 6.73. The van der Waals surface area contributed by atoms with Gasteiger partial charge in [0.25, 0.3) is 5.69 Å². The number of hydrogen-bond donors (Lipinski definition) is 2. The largest absolute Gasteiger partial charge is 0.374 e. The van der Waals surface area contributed by atoms with E-state index in [0.717, 1.165) is 0 Å². The second kappa shape index (κ2) is 2.09. The summed E-state index contributed by atoms with van der Waals surface area (Å²) in [4.78, 5) is 23.4. The second-order valence-corrected chi connectivity index (χ2v) is 2.04. The molecule has 0 radical (unpaired) electrons. The molecule has 0 aromatic carbocycles. The van der Waals surface area contributed by atoms with Crippen molar-refractivity contribution in [3.8, 4) is 0 Å². The molecule has 0 fully saturated rings. The lowest BCUT2D eigenvalue weighted by Crippen LogP contribution is -2.48. The summed E-state index contributed by atoms with van der Waals surface area (Å²) in [6.07, 6.45) is 0. The smallest absolute Gasteiger partial charge is 0.265 e. The number of nitrogens with one attached hydrogen (secondary N) is 2. The number of aromatic amines is 2. The van der Waals surface area contributed by atoms with Crippen LogP contribution in [0, 0.1) is 6.92 Å². The van der Waals surface area contributed by atoms with Crippen LogP contribution in [0.15, 0.2) is 9.59 Å². The number of aryl methyl sites for hydroxylation is 1. The van der Waals surface area contributed by atoms with E-state index >= 15 is 0 Å². The Morgan fingerprint density at radius 1 is 1.40 bits per heavy atom. The van der Waals surface area contributed by atoms with E-state index in [4.69, 9.17) is 0 Å². The Balaban J connectivity index is 3.62. The van der Waals surface area contributed by atoms with Crippen LogP contribution >= 0.6 is 0 Å². The molecule has 54 valence electrons. The standard InChI is InChI=1S/C5H7N3O2/c1-3-4(9)6-5(10)7-8(3)2/h1-2H3,(H-,6,7,9,10)/p+1. The predicted molar refractivity (Wildman–Crippen MR) is 33.6 cm³/mol. The first-order valence-corrected chi connectivity index (χ1v) is 2.80. The van der Waals surface area contributed by atoms with Crippen molar-refractivity contribution in [2.75, 3.05) is 0 Å². The number of aromatic nitrogens is 3. The van der Waals surface area contributed by atoms with E-state index in [0.29, 0.717) is 5.69 Å². The van der Waals surface area contributed by atoms with Crippen LogP contribution in [0.1, 0.15) is 5.69 Å². The highest BCUT2D eigenvalue weighted by atomic mass is 16.2. The van der Waals surface area contributed by atoms with Gasteiger partial charge >= 0.3 is 11.2 Å². The van der Waals surface area contributed by atoms with Crippen LogP contribution in [0.5, 0.6) is 0 Å². The van der Waals surface area contributed by atoms with Gasteiger partial charge in [-0.25, -0.2) is 4.79 Å². The van der Waals surface area contributed by atoms with E-state index in [9.17, 15) is 9.59 Å². The van der Waals surface area contributed by atoms with Crippen molar-refractivity contribution >= 4 is 0 Å². The zero-order valence-corrected chi connectivity index (χ0v) is 5.76. The highest BCUT2D eigenvalue weighted by Crippen LogP contribution is 1.62. The SMILES string of the molecule is Cc1c(=O)[nH]c(=O)[nH][n+]1C. The minimum atomic E-state index is -0.488. The van der Waals surface area contributed by atoms with Crippen molar-refractivity contribution in [3.63, 3.8) is 0 Å². The van der Waals surface area contributed by atoms with E-state index in [1.54, 1.807) is 14.0 Å². The van der Waals surface area contributed by atoms with Crippen LogP contribution in [0.4, 0.5) is 0 Å². The highest BCUT2D eigenvalue weighted by Gasteiger charge is 2.05. The third-order valence-corrected chi connectivity index (χ3v) is 1.33. The van der Waals surface area contributed by atoms with E-state index in [-0.39, 0.29) is 5.56 Å². The van der Waals surface area contributed by atoms with Crippen LogP contribution in [-0.2, 0) is 7.05 Å². The van der Waals surface area contributed by atoms with E-state index in [2.05, 4.69) is 10.1 Å². The number of rotatable bonds is 0. The summed E-state index contributed by atoms with van der Waals surface area (Å²) in [5.41, 5.74) is -0.371. The summed E-state index contributed by atoms with van der Waals surface area (Å²) in [5, 5.41) is 2.38. The van der Waals surface area contributed by atoms with Crippen LogP contribution in [0.2, 0.25) is 0 Å². The molecule has 5 heteroatoms. The normalized spacial score (nSPS) is 9.80. The lowest BCUT2D eigenvalue weighted by atomic mass is 10.5. The lowest BCUT2D eigenvalue weighted by molar-refractivity contribution is -0.739. The fourth-order valence-corrected chi connectivity index (χ4v) is 0.610. The van der Waals surface area contributed by atoms with Gasteiger partial charge < -0.3 is 0 Å². The molecule has 0 aliphatic carbocycles. The molecule has 2 N–H and O–H groups in total. The summed E-state index contributed by atoms with van der Waals surface area (Å²) >= 11 is 0. The second-order valence-electron chi connectivity index (χ2n) is 2.04. The molecule has 0 unspecified atom stereocenters. The Morgan fingerprint density at radius 3 is 2.50 bits per heavy atom. The molecule has 0 aliphatic rings. The third-order valence-electron chi connectivity index (χ3n) is 1.33. The Bertz CT molecular complexity index is 349. The van der Waals surface area contributed by atoms with Crippen molar-refractivity contribution in [1.29, 1.82) is 0 Å². The molecule has 0 bridgehead atoms. The minimum absolute atomic E-state index is 0.355. The average molecular weight is 142 g/mol. The van der Waals surface area contributed by atoms with Crippen molar-refractivity contribution in [1.82, 2.24) is 10.1 Å². The van der Waals surface area contributed by atoms with Gasteiger partial charge in [-0.05, 0) is 0 Å². The average Bonchev–Trinajstić information content (AvgIpc) is 1.82. The molecule has 0 saturated heterocycles. The van der Waals surface area contributed by atoms with Gasteiger partial charge in [-0.1, -0.05) is 0 Å². The number of hydrogen-bond acceptors (Lipinski definition) is 2. The summed E-state index contributed by atoms with van der Waals surface area (Å²) in [7, 11) is 1.60. The third kappa shape index (κ3) is 0.975. The molecule has 0 saturated carbocycles. The van der Waals surface area contributed by atoms with Gasteiger partial charge in [-0.15, -0.1) is 9.78 Å². The Hall–Kier alpha value is -1.39. The topological polar surface area (TPSA) is 69.6 Å². The number of nitrogens with zero attached hydrogens (tertiary/aromatic N) is 1. The summed E-state index contributed by atoms with van der Waals surface area (Å²) in [5.74, 6) is 0. The quantitative estimate of drug-likeness (QED) is 0.419. The van der Waals surface area contributed by atoms with Gasteiger partial charge in [0.15, 0.2) is 7.05 Å². The van der Waals surface area contributed by atoms with Crippen LogP contribution in [0.3, 0.4) is 0 Å². The molecule has 5 nitrogen and oxygen atoms in total. The molecule has 0 atom stereocenters. The molecule has 0 aliphatic heterocycles. The van der Waals surface area contributed by atoms with E-state index < -0.39 is 5.69 Å². The lowest BCUT2D eigenvalue weighted by Gasteiger charge is -1.86. The van der Waals surface area contributed by atoms with Gasteiger partial charge in [-0.3, -0.25) is 9.78 Å². The van der Waals surface area contributed by atoms with Gasteiger partial charge in [-0.2, -0.15) is 0 Å². The maximum Gasteiger partial charge on any atom is 0.374 e. The van der Waals surface area contributed by atoms with E-state index in [1.807, 2.05) is 0 Å². The van der Waals surface area contributed by atoms with Crippen molar-refractivity contribution in [2.24, 2.45) is 7.05 Å². The molecular formula is C5H8N3O2+. The van der Waals surface area contributed by atoms with E-state index in [1.165, 1.54) is 4.68 Å². The van der Waals surface area contributed by atoms with Gasteiger partial charge in [0.1, 0.15) is 0 Å². The predicted octanol–water partition coefficient (Wildman–Crippen LogP) is -1.80. The zero-order chi connectivity index (χ0) is 7.72. The minimum Gasteiger partial charge on any atom is -0.265 e. The highest BCUT2D eigenvalue weighted by molar-refractivity contribution is 4.79. The maximum atomic E-state index is 10.8. The molecule has 1 rings (SSSR count). The fraction of sp³-hybridized carbons (Fsp3) is 0.400. The van der Waals surface area contributed by atoms with Gasteiger partial charge in [0.2, 0.25) is 0 Å². The maximum absolute atomic E-state index is 10.8. The van der Waals surface area contributed by atoms with Crippen molar-refractivity contribution in [3.05, 3.63) is 26.5 Å². The molecular weight excluding hydrogens is 134 g/mol. The monoisotopic (exact) mass is 142 g/mol. The molecule has 1 aromatic rings. The summed E-state index contributed by atoms with van der Waals surface area (Å²) < 4.78 is 1.38. The molecule has 1 heterocycles. The number of H-pyrrole nitrogens is 2. The fourth-order valence-electron chi connectivity index (χ4n) is 0.610. The first-order chi connectivity index (χ1) is 4.61. The van der Waals surface area contributed by atoms with Crippen LogP contribution in [0.25, 0.3) is 0 Å². The van der Waals surface area contributed by atoms with Crippen molar-refractivity contribution in [2.45, 2.75) is 6.92 Å². The van der Waals surface area contributed by atoms with Crippen LogP contribution in [-0.4, -0.2) is 10.1 Å². The molecule has 10 heavy (non-hydrogen) atoms. The Labute approximate surface area is 56.3 Å². The molecule has 1 aromatic heterocycles. The summed E-state index contributed by atoms with van der Waals surface area (Å²) in [6, 6.07) is 0. The Kier molecular flexibility index (Phi) is 1.41. The summed E-state index contributed by atoms with van der Waals surface area (Å²) in [6.45, 7) is 1.62. The zero-order valence-electron chi connectivity index (χ0n) is 5.76. The molecule has 0 amide bonds. The van der Waals surface area contributed by atoms with Crippen molar-refractivity contribution < 1.29 is 4.68 Å². The first-order valence-electron chi connectivity index (χ1n) is 2.80. The van der Waals surface area contributed by atoms with Gasteiger partial charge in [0.05, 0.1) is 0 Å². The Morgan fingerprint density at radius 2 is 2.00 bits per heavy atom.